The van der Waals surface area contributed by atoms with Gasteiger partial charge in [-0.1, -0.05) is 145 Å². The first kappa shape index (κ1) is 48.9. The van der Waals surface area contributed by atoms with E-state index in [1.165, 1.54) is 89.9 Å². The first-order valence-corrected chi connectivity index (χ1v) is 22.5. The topological polar surface area (TPSA) is 65.1 Å². The number of hydrogen-bond acceptors (Lipinski definition) is 6. The summed E-state index contributed by atoms with van der Waals surface area (Å²) in [6.45, 7) is 25.6. The van der Waals surface area contributed by atoms with Gasteiger partial charge in [-0.2, -0.15) is 0 Å². The van der Waals surface area contributed by atoms with E-state index in [0.717, 1.165) is 64.8 Å². The Morgan fingerprint density at radius 3 is 1.23 bits per heavy atom. The van der Waals surface area contributed by atoms with Gasteiger partial charge in [0.25, 0.3) is 0 Å². The largest absolute Gasteiger partial charge is 0.465 e. The van der Waals surface area contributed by atoms with Crippen molar-refractivity contribution in [1.82, 2.24) is 4.90 Å². The fourth-order valence-corrected chi connectivity index (χ4v) is 7.72. The lowest BCUT2D eigenvalue weighted by Gasteiger charge is -2.44. The molecule has 2 unspecified atom stereocenters. The van der Waals surface area contributed by atoms with Crippen LogP contribution in [0.2, 0.25) is 0 Å². The lowest BCUT2D eigenvalue weighted by atomic mass is 9.86. The van der Waals surface area contributed by atoms with E-state index >= 15 is 0 Å². The van der Waals surface area contributed by atoms with Gasteiger partial charge < -0.3 is 14.2 Å². The van der Waals surface area contributed by atoms with E-state index in [1.807, 2.05) is 0 Å². The molecule has 1 aliphatic rings. The van der Waals surface area contributed by atoms with Gasteiger partial charge in [0.15, 0.2) is 0 Å². The third-order valence-electron chi connectivity index (χ3n) is 12.0. The Hall–Kier alpha value is -1.14. The molecule has 0 radical (unpaired) electrons. The van der Waals surface area contributed by atoms with Crippen molar-refractivity contribution < 1.29 is 23.8 Å². The zero-order valence-corrected chi connectivity index (χ0v) is 36.3. The van der Waals surface area contributed by atoms with Gasteiger partial charge in [-0.25, -0.2) is 0 Å². The number of ether oxygens (including phenoxy) is 3. The molecule has 0 aromatic heterocycles. The normalized spacial score (nSPS) is 16.5. The van der Waals surface area contributed by atoms with E-state index in [1.54, 1.807) is 0 Å². The maximum absolute atomic E-state index is 12.3. The number of nitrogens with zero attached hydrogens (tertiary/aromatic N) is 1. The summed E-state index contributed by atoms with van der Waals surface area (Å²) in [5, 5.41) is 0. The Labute approximate surface area is 324 Å². The van der Waals surface area contributed by atoms with Crippen LogP contribution in [0.5, 0.6) is 0 Å². The number of unbranched alkanes of at least 4 members (excludes halogenated alkanes) is 12. The van der Waals surface area contributed by atoms with Crippen LogP contribution in [0, 0.1) is 35.5 Å². The van der Waals surface area contributed by atoms with Crippen LogP contribution in [0.15, 0.2) is 0 Å². The smallest absolute Gasteiger partial charge is 0.305 e. The zero-order valence-electron chi connectivity index (χ0n) is 36.3. The van der Waals surface area contributed by atoms with Crippen LogP contribution in [0.4, 0.5) is 0 Å². The average Bonchev–Trinajstić information content (AvgIpc) is 3.09. The summed E-state index contributed by atoms with van der Waals surface area (Å²) in [5.74, 6) is 3.47. The van der Waals surface area contributed by atoms with E-state index in [0.29, 0.717) is 61.6 Å². The molecule has 308 valence electrons. The number of carbonyl (C=O) groups is 2. The molecule has 2 atom stereocenters. The number of morpholine rings is 1. The van der Waals surface area contributed by atoms with Gasteiger partial charge in [0.1, 0.15) is 0 Å². The van der Waals surface area contributed by atoms with E-state index in [4.69, 9.17) is 14.2 Å². The molecule has 1 saturated heterocycles. The molecule has 0 saturated carbocycles. The molecular weight excluding hydrogens is 647 g/mol. The first-order valence-electron chi connectivity index (χ1n) is 22.5. The van der Waals surface area contributed by atoms with Crippen LogP contribution in [-0.2, 0) is 23.8 Å². The van der Waals surface area contributed by atoms with Crippen LogP contribution in [0.25, 0.3) is 0 Å². The summed E-state index contributed by atoms with van der Waals surface area (Å²) in [6, 6.07) is 0. The van der Waals surface area contributed by atoms with Crippen molar-refractivity contribution in [1.29, 1.82) is 0 Å². The standard InChI is InChI=1S/C46H89NO5/c1-38(2)26-28-42(40(5)6)36-51-44(48)24-20-16-12-10-14-18-22-30-46(9,47-32-34-50-35-33-47)31-23-19-15-11-13-17-21-25-45(49)52-37-43(41(7)8)29-27-39(3)4/h38-43H,10-37H2,1-9H3. The molecule has 0 aromatic carbocycles. The maximum atomic E-state index is 12.3. The fraction of sp³-hybridized carbons (Fsp3) is 0.957. The molecule has 0 aliphatic carbocycles. The van der Waals surface area contributed by atoms with Gasteiger partial charge in [-0.15, -0.1) is 0 Å². The number of rotatable bonds is 33. The average molecular weight is 736 g/mol. The SMILES string of the molecule is CC(C)CCC(COC(=O)CCCCCCCCCC(C)(CCCCCCCCCC(=O)OCC(CCC(C)C)C(C)C)N1CCOCC1)C(C)C. The molecule has 52 heavy (non-hydrogen) atoms. The molecule has 1 aliphatic heterocycles. The molecule has 1 rings (SSSR count). The van der Waals surface area contributed by atoms with Gasteiger partial charge in [-0.3, -0.25) is 14.5 Å². The molecule has 6 heteroatoms. The third-order valence-corrected chi connectivity index (χ3v) is 12.0. The lowest BCUT2D eigenvalue weighted by molar-refractivity contribution is -0.146. The summed E-state index contributed by atoms with van der Waals surface area (Å²) in [4.78, 5) is 27.4. The minimum atomic E-state index is -0.00508. The molecule has 0 amide bonds. The fourth-order valence-electron chi connectivity index (χ4n) is 7.72. The molecule has 0 aromatic rings. The Morgan fingerprint density at radius 2 is 0.885 bits per heavy atom. The van der Waals surface area contributed by atoms with Crippen molar-refractivity contribution >= 4 is 11.9 Å². The van der Waals surface area contributed by atoms with E-state index < -0.39 is 0 Å². The van der Waals surface area contributed by atoms with Crippen molar-refractivity contribution in [2.24, 2.45) is 35.5 Å². The van der Waals surface area contributed by atoms with Gasteiger partial charge in [0, 0.05) is 31.5 Å². The zero-order chi connectivity index (χ0) is 38.6. The van der Waals surface area contributed by atoms with Gasteiger partial charge in [-0.05, 0) is 81.0 Å². The highest BCUT2D eigenvalue weighted by Gasteiger charge is 2.32. The van der Waals surface area contributed by atoms with Gasteiger partial charge >= 0.3 is 11.9 Å². The summed E-state index contributed by atoms with van der Waals surface area (Å²) < 4.78 is 17.0. The Kier molecular flexibility index (Phi) is 28.3. The Bertz CT molecular complexity index is 807. The van der Waals surface area contributed by atoms with Crippen molar-refractivity contribution in [2.45, 2.75) is 209 Å². The second-order valence-electron chi connectivity index (χ2n) is 18.4. The van der Waals surface area contributed by atoms with Crippen LogP contribution in [0.3, 0.4) is 0 Å². The maximum Gasteiger partial charge on any atom is 0.305 e. The van der Waals surface area contributed by atoms with E-state index in [2.05, 4.69) is 67.2 Å². The lowest BCUT2D eigenvalue weighted by Crippen LogP contribution is -2.51. The van der Waals surface area contributed by atoms with Crippen LogP contribution in [0.1, 0.15) is 204 Å². The molecule has 1 fully saturated rings. The van der Waals surface area contributed by atoms with Crippen molar-refractivity contribution in [3.8, 4) is 0 Å². The highest BCUT2D eigenvalue weighted by atomic mass is 16.5. The molecular formula is C46H89NO5. The quantitative estimate of drug-likeness (QED) is 0.0494. The molecule has 0 N–H and O–H groups in total. The van der Waals surface area contributed by atoms with Crippen molar-refractivity contribution in [3.05, 3.63) is 0 Å². The molecule has 0 spiro atoms. The highest BCUT2D eigenvalue weighted by Crippen LogP contribution is 2.30. The van der Waals surface area contributed by atoms with Crippen LogP contribution >= 0.6 is 0 Å². The van der Waals surface area contributed by atoms with Gasteiger partial charge in [0.05, 0.1) is 26.4 Å². The third kappa shape index (κ3) is 25.0. The summed E-state index contributed by atoms with van der Waals surface area (Å²) in [7, 11) is 0. The second kappa shape index (κ2) is 30.1. The summed E-state index contributed by atoms with van der Waals surface area (Å²) >= 11 is 0. The predicted octanol–water partition coefficient (Wildman–Crippen LogP) is 12.6. The van der Waals surface area contributed by atoms with Gasteiger partial charge in [0.2, 0.25) is 0 Å². The highest BCUT2D eigenvalue weighted by molar-refractivity contribution is 5.69. The van der Waals surface area contributed by atoms with E-state index in [9.17, 15) is 9.59 Å². The van der Waals surface area contributed by atoms with E-state index in [-0.39, 0.29) is 17.5 Å². The molecule has 6 nitrogen and oxygen atoms in total. The Morgan fingerprint density at radius 1 is 0.538 bits per heavy atom. The second-order valence-corrected chi connectivity index (χ2v) is 18.4. The van der Waals surface area contributed by atoms with Crippen LogP contribution < -0.4 is 0 Å². The first-order chi connectivity index (χ1) is 24.8. The molecule has 1 heterocycles. The van der Waals surface area contributed by atoms with Crippen molar-refractivity contribution in [3.63, 3.8) is 0 Å². The monoisotopic (exact) mass is 736 g/mol. The predicted molar refractivity (Wildman–Crippen MR) is 221 cm³/mol. The minimum Gasteiger partial charge on any atom is -0.465 e. The number of hydrogen-bond donors (Lipinski definition) is 0. The number of esters is 2. The van der Waals surface area contributed by atoms with Crippen LogP contribution in [-0.4, -0.2) is 61.9 Å². The summed E-state index contributed by atoms with van der Waals surface area (Å²) in [6.07, 6.45) is 25.4. The molecule has 0 bridgehead atoms. The Balaban J connectivity index is 2.18. The number of carbonyl (C=O) groups excluding carboxylic acids is 2. The summed E-state index contributed by atoms with van der Waals surface area (Å²) in [5.41, 5.74) is 0.275. The van der Waals surface area contributed by atoms with Crippen molar-refractivity contribution in [2.75, 3.05) is 39.5 Å². The minimum absolute atomic E-state index is 0.00508.